The third-order valence-electron chi connectivity index (χ3n) is 1.32. The van der Waals surface area contributed by atoms with E-state index in [1.54, 1.807) is 0 Å². The van der Waals surface area contributed by atoms with Crippen LogP contribution in [0.1, 0.15) is 0 Å². The van der Waals surface area contributed by atoms with Crippen molar-refractivity contribution in [2.75, 3.05) is 14.1 Å². The normalized spacial score (nSPS) is 20.6. The highest BCUT2D eigenvalue weighted by molar-refractivity contribution is 9.07. The molecule has 11 heavy (non-hydrogen) atoms. The first-order valence-electron chi connectivity index (χ1n) is 3.28. The number of hydrogen-bond donors (Lipinski definition) is 2. The van der Waals surface area contributed by atoms with Crippen molar-refractivity contribution in [3.8, 4) is 0 Å². The lowest BCUT2D eigenvalue weighted by Crippen LogP contribution is -2.37. The van der Waals surface area contributed by atoms with Gasteiger partial charge in [0.15, 0.2) is 0 Å². The second kappa shape index (κ2) is 6.39. The van der Waals surface area contributed by atoms with Crippen LogP contribution in [0.2, 0.25) is 0 Å². The largest absolute Gasteiger partial charge is 0.372 e. The molecule has 0 fully saturated rings. The van der Waals surface area contributed by atoms with Crippen LogP contribution in [0, 0.1) is 0 Å². The van der Waals surface area contributed by atoms with E-state index in [1.807, 2.05) is 32.4 Å². The zero-order chi connectivity index (χ0) is 8.69. The molecule has 0 aliphatic carbocycles. The van der Waals surface area contributed by atoms with Crippen molar-refractivity contribution in [3.63, 3.8) is 0 Å². The fraction of sp³-hybridized carbons (Fsp3) is 0.429. The number of nitrogens with zero attached hydrogens (tertiary/aromatic N) is 1. The molecule has 0 radical (unpaired) electrons. The van der Waals surface area contributed by atoms with Crippen LogP contribution in [0.4, 0.5) is 0 Å². The number of dihydropyridines is 1. The maximum Gasteiger partial charge on any atom is 0.0979 e. The van der Waals surface area contributed by atoms with Crippen molar-refractivity contribution in [2.45, 2.75) is 6.17 Å². The van der Waals surface area contributed by atoms with E-state index in [9.17, 15) is 0 Å². The molecule has 0 saturated heterocycles. The summed E-state index contributed by atoms with van der Waals surface area (Å²) in [7, 11) is 4.09. The van der Waals surface area contributed by atoms with Crippen molar-refractivity contribution in [2.24, 2.45) is 4.76 Å². The number of nitrogens with one attached hydrogen (secondary N) is 1. The summed E-state index contributed by atoms with van der Waals surface area (Å²) < 4.78 is 4.31. The predicted octanol–water partition coefficient (Wildman–Crippen LogP) is 0.802. The highest BCUT2D eigenvalue weighted by atomic mass is 79.9. The van der Waals surface area contributed by atoms with Crippen LogP contribution in [0.3, 0.4) is 0 Å². The van der Waals surface area contributed by atoms with E-state index < -0.39 is 0 Å². The van der Waals surface area contributed by atoms with Crippen LogP contribution in [0.25, 0.3) is 0 Å². The zero-order valence-electron chi connectivity index (χ0n) is 6.79. The van der Waals surface area contributed by atoms with Crippen molar-refractivity contribution in [1.82, 2.24) is 10.2 Å². The fourth-order valence-electron chi connectivity index (χ4n) is 0.756. The molecule has 1 atom stereocenters. The summed E-state index contributed by atoms with van der Waals surface area (Å²) in [4.78, 5) is 2.11. The van der Waals surface area contributed by atoms with Gasteiger partial charge in [0.1, 0.15) is 0 Å². The number of hydrogen-bond acceptors (Lipinski definition) is 3. The van der Waals surface area contributed by atoms with Crippen molar-refractivity contribution in [3.05, 3.63) is 24.4 Å². The first kappa shape index (κ1) is 10.7. The lowest BCUT2D eigenvalue weighted by atomic mass is 10.3. The minimum atomic E-state index is 0.370. The molecule has 0 spiro atoms. The maximum absolute atomic E-state index is 4.31. The molecule has 3 N–H and O–H groups in total. The average Bonchev–Trinajstić information content (AvgIpc) is 2.10. The summed E-state index contributed by atoms with van der Waals surface area (Å²) in [6.07, 6.45) is 8.46. The molecule has 1 aliphatic rings. The minimum Gasteiger partial charge on any atom is -0.372 e. The van der Waals surface area contributed by atoms with Crippen LogP contribution >= 0.6 is 16.1 Å². The van der Waals surface area contributed by atoms with Crippen LogP contribution < -0.4 is 10.1 Å². The average molecular weight is 220 g/mol. The maximum atomic E-state index is 4.31. The molecule has 0 amide bonds. The number of rotatable bonds is 1. The van der Waals surface area contributed by atoms with Gasteiger partial charge in [0.2, 0.25) is 0 Å². The minimum absolute atomic E-state index is 0.370. The Morgan fingerprint density at radius 1 is 1.36 bits per heavy atom. The standard InChI is InChI=1S/C7H12N2.BrH2N/c1-9(2)7-5-3-4-6-8-7;1-2/h3-8H,1-2H3;2H2. The molecule has 0 saturated carbocycles. The Labute approximate surface area is 76.3 Å². The summed E-state index contributed by atoms with van der Waals surface area (Å²) in [5.74, 6) is 0. The van der Waals surface area contributed by atoms with Gasteiger partial charge in [-0.15, -0.1) is 0 Å². The van der Waals surface area contributed by atoms with E-state index in [2.05, 4.69) is 37.2 Å². The number of halogens is 1. The molecule has 0 aromatic heterocycles. The molecule has 0 aromatic carbocycles. The summed E-state index contributed by atoms with van der Waals surface area (Å²) in [6.45, 7) is 0. The van der Waals surface area contributed by atoms with E-state index in [4.69, 9.17) is 0 Å². The smallest absolute Gasteiger partial charge is 0.0979 e. The topological polar surface area (TPSA) is 41.3 Å². The molecule has 3 nitrogen and oxygen atoms in total. The van der Waals surface area contributed by atoms with Gasteiger partial charge in [-0.05, 0) is 32.4 Å². The van der Waals surface area contributed by atoms with Gasteiger partial charge in [-0.3, -0.25) is 9.66 Å². The Morgan fingerprint density at radius 3 is 2.27 bits per heavy atom. The van der Waals surface area contributed by atoms with Crippen LogP contribution in [0.5, 0.6) is 0 Å². The van der Waals surface area contributed by atoms with Crippen LogP contribution in [-0.4, -0.2) is 25.2 Å². The van der Waals surface area contributed by atoms with Crippen LogP contribution in [-0.2, 0) is 0 Å². The Kier molecular flexibility index (Phi) is 6.21. The third-order valence-corrected chi connectivity index (χ3v) is 1.32. The SMILES string of the molecule is CN(C)C1C=CC=CN1.NBr. The van der Waals surface area contributed by atoms with Gasteiger partial charge in [0.25, 0.3) is 0 Å². The van der Waals surface area contributed by atoms with Gasteiger partial charge in [-0.2, -0.15) is 0 Å². The van der Waals surface area contributed by atoms with Gasteiger partial charge in [0.05, 0.1) is 6.17 Å². The quantitative estimate of drug-likeness (QED) is 0.642. The first-order valence-corrected chi connectivity index (χ1v) is 4.20. The molecule has 1 aliphatic heterocycles. The summed E-state index contributed by atoms with van der Waals surface area (Å²) in [5, 5.41) is 3.18. The highest BCUT2D eigenvalue weighted by Gasteiger charge is 2.03. The van der Waals surface area contributed by atoms with Gasteiger partial charge in [-0.1, -0.05) is 6.08 Å². The Bertz CT molecular complexity index is 143. The van der Waals surface area contributed by atoms with E-state index in [-0.39, 0.29) is 0 Å². The van der Waals surface area contributed by atoms with E-state index in [0.717, 1.165) is 0 Å². The zero-order valence-corrected chi connectivity index (χ0v) is 8.38. The molecule has 1 heterocycles. The molecule has 64 valence electrons. The Balaban J connectivity index is 0.000000461. The van der Waals surface area contributed by atoms with Gasteiger partial charge in [0, 0.05) is 16.1 Å². The first-order chi connectivity index (χ1) is 5.30. The molecular formula is C7H14BrN3. The third kappa shape index (κ3) is 4.19. The lowest BCUT2D eigenvalue weighted by Gasteiger charge is -2.22. The monoisotopic (exact) mass is 219 g/mol. The summed E-state index contributed by atoms with van der Waals surface area (Å²) in [6, 6.07) is 0. The van der Waals surface area contributed by atoms with Crippen molar-refractivity contribution < 1.29 is 0 Å². The number of allylic oxidation sites excluding steroid dienone is 2. The van der Waals surface area contributed by atoms with E-state index in [0.29, 0.717) is 6.17 Å². The van der Waals surface area contributed by atoms with E-state index in [1.165, 1.54) is 0 Å². The molecule has 0 aromatic rings. The number of nitrogens with two attached hydrogens (primary N) is 1. The summed E-state index contributed by atoms with van der Waals surface area (Å²) in [5.41, 5.74) is 0. The molecule has 0 bridgehead atoms. The van der Waals surface area contributed by atoms with Crippen molar-refractivity contribution in [1.29, 1.82) is 0 Å². The Hall–Kier alpha value is -0.320. The van der Waals surface area contributed by atoms with Gasteiger partial charge in [-0.25, -0.2) is 0 Å². The predicted molar refractivity (Wildman–Crippen MR) is 52.0 cm³/mol. The number of likely N-dealkylation sites (N-methyl/N-ethyl adjacent to an activating group) is 1. The lowest BCUT2D eigenvalue weighted by molar-refractivity contribution is 0.316. The molecular weight excluding hydrogens is 206 g/mol. The Morgan fingerprint density at radius 2 is 2.00 bits per heavy atom. The van der Waals surface area contributed by atoms with Gasteiger partial charge >= 0.3 is 0 Å². The molecule has 4 heteroatoms. The van der Waals surface area contributed by atoms with Crippen molar-refractivity contribution >= 4 is 16.1 Å². The fourth-order valence-corrected chi connectivity index (χ4v) is 0.756. The summed E-state index contributed by atoms with van der Waals surface area (Å²) >= 11 is 2.44. The second-order valence-electron chi connectivity index (χ2n) is 2.32. The van der Waals surface area contributed by atoms with Crippen LogP contribution in [0.15, 0.2) is 24.4 Å². The van der Waals surface area contributed by atoms with Gasteiger partial charge < -0.3 is 5.32 Å². The molecule has 1 unspecified atom stereocenters. The van der Waals surface area contributed by atoms with E-state index >= 15 is 0 Å². The second-order valence-corrected chi connectivity index (χ2v) is 2.32. The molecule has 1 rings (SSSR count). The highest BCUT2D eigenvalue weighted by Crippen LogP contribution is 1.95.